The van der Waals surface area contributed by atoms with E-state index in [9.17, 15) is 4.79 Å². The van der Waals surface area contributed by atoms with E-state index in [1.807, 2.05) is 23.1 Å². The molecule has 23 heavy (non-hydrogen) atoms. The van der Waals surface area contributed by atoms with Crippen LogP contribution in [0.15, 0.2) is 24.3 Å². The summed E-state index contributed by atoms with van der Waals surface area (Å²) in [5, 5.41) is 0.631. The minimum absolute atomic E-state index is 0.126. The van der Waals surface area contributed by atoms with Gasteiger partial charge in [0, 0.05) is 48.4 Å². The Balaban J connectivity index is 1.57. The lowest BCUT2D eigenvalue weighted by Gasteiger charge is -2.41. The van der Waals surface area contributed by atoms with Gasteiger partial charge in [0.05, 0.1) is 19.1 Å². The van der Waals surface area contributed by atoms with E-state index in [1.165, 1.54) is 19.5 Å². The molecule has 2 fully saturated rings. The van der Waals surface area contributed by atoms with Crippen molar-refractivity contribution in [2.24, 2.45) is 11.8 Å². The summed E-state index contributed by atoms with van der Waals surface area (Å²) in [7, 11) is 0. The second-order valence-corrected chi connectivity index (χ2v) is 8.03. The number of carbonyl (C=O) groups is 1. The highest BCUT2D eigenvalue weighted by atomic mass is 35.5. The standard InChI is InChI=1S/C19H27ClN2O/c1-14-10-15(2)13-22(12-14)18-6-8-21(9-7-18)19(23)16-4-3-5-17(20)11-16/h3-5,11,14-15,18H,6-10,12-13H2,1-2H3/p+1/t14-,15-/m0/s1. The number of hydrogen-bond donors (Lipinski definition) is 1. The van der Waals surface area contributed by atoms with Crippen molar-refractivity contribution in [2.75, 3.05) is 26.2 Å². The molecule has 2 aliphatic heterocycles. The second-order valence-electron chi connectivity index (χ2n) is 7.59. The number of carbonyl (C=O) groups excluding carboxylic acids is 1. The van der Waals surface area contributed by atoms with Crippen LogP contribution in [0.4, 0.5) is 0 Å². The zero-order valence-electron chi connectivity index (χ0n) is 14.2. The number of benzene rings is 1. The monoisotopic (exact) mass is 335 g/mol. The summed E-state index contributed by atoms with van der Waals surface area (Å²) in [6.45, 7) is 9.12. The molecule has 2 aliphatic rings. The number of nitrogens with zero attached hydrogens (tertiary/aromatic N) is 1. The molecule has 4 heteroatoms. The molecular weight excluding hydrogens is 308 g/mol. The van der Waals surface area contributed by atoms with Crippen LogP contribution in [0.1, 0.15) is 43.5 Å². The molecule has 126 valence electrons. The summed E-state index contributed by atoms with van der Waals surface area (Å²) in [6, 6.07) is 8.02. The first kappa shape index (κ1) is 16.8. The van der Waals surface area contributed by atoms with Gasteiger partial charge >= 0.3 is 0 Å². The van der Waals surface area contributed by atoms with Crippen LogP contribution >= 0.6 is 11.6 Å². The second kappa shape index (κ2) is 7.23. The van der Waals surface area contributed by atoms with Gasteiger partial charge in [0.15, 0.2) is 0 Å². The molecule has 3 nitrogen and oxygen atoms in total. The first-order valence-corrected chi connectivity index (χ1v) is 9.30. The summed E-state index contributed by atoms with van der Waals surface area (Å²) >= 11 is 6.01. The predicted octanol–water partition coefficient (Wildman–Crippen LogP) is 2.51. The largest absolute Gasteiger partial charge is 0.338 e. The average Bonchev–Trinajstić information content (AvgIpc) is 2.53. The number of nitrogens with one attached hydrogen (secondary N) is 1. The van der Waals surface area contributed by atoms with Gasteiger partial charge in [-0.25, -0.2) is 0 Å². The SMILES string of the molecule is C[C@H]1C[C@H](C)C[NH+](C2CCN(C(=O)c3cccc(Cl)c3)CC2)C1. The predicted molar refractivity (Wildman–Crippen MR) is 94.0 cm³/mol. The smallest absolute Gasteiger partial charge is 0.253 e. The Bertz CT molecular complexity index is 544. The van der Waals surface area contributed by atoms with Crippen LogP contribution in [0.3, 0.4) is 0 Å². The molecule has 1 aromatic rings. The van der Waals surface area contributed by atoms with Crippen molar-refractivity contribution >= 4 is 17.5 Å². The number of amides is 1. The molecule has 0 bridgehead atoms. The van der Waals surface area contributed by atoms with Gasteiger partial charge in [-0.05, 0) is 24.6 Å². The Kier molecular flexibility index (Phi) is 5.27. The van der Waals surface area contributed by atoms with E-state index < -0.39 is 0 Å². The molecule has 1 N–H and O–H groups in total. The van der Waals surface area contributed by atoms with Crippen molar-refractivity contribution in [3.05, 3.63) is 34.9 Å². The lowest BCUT2D eigenvalue weighted by Crippen LogP contribution is -3.18. The summed E-state index contributed by atoms with van der Waals surface area (Å²) in [5.74, 6) is 1.79. The number of halogens is 1. The van der Waals surface area contributed by atoms with Crippen molar-refractivity contribution < 1.29 is 9.69 Å². The lowest BCUT2D eigenvalue weighted by atomic mass is 9.89. The highest BCUT2D eigenvalue weighted by Crippen LogP contribution is 2.18. The third-order valence-electron chi connectivity index (χ3n) is 5.46. The lowest BCUT2D eigenvalue weighted by molar-refractivity contribution is -0.938. The Hall–Kier alpha value is -1.06. The van der Waals surface area contributed by atoms with Crippen molar-refractivity contribution in [1.82, 2.24) is 4.90 Å². The topological polar surface area (TPSA) is 24.8 Å². The molecule has 1 aromatic carbocycles. The Morgan fingerprint density at radius 2 is 1.83 bits per heavy atom. The van der Waals surface area contributed by atoms with Gasteiger partial charge in [-0.3, -0.25) is 4.79 Å². The molecule has 2 atom stereocenters. The molecule has 0 radical (unpaired) electrons. The fourth-order valence-electron chi connectivity index (χ4n) is 4.46. The van der Waals surface area contributed by atoms with Gasteiger partial charge in [0.2, 0.25) is 0 Å². The minimum Gasteiger partial charge on any atom is -0.338 e. The van der Waals surface area contributed by atoms with Crippen molar-refractivity contribution in [3.63, 3.8) is 0 Å². The molecule has 1 amide bonds. The third-order valence-corrected chi connectivity index (χ3v) is 5.69. The highest BCUT2D eigenvalue weighted by molar-refractivity contribution is 6.30. The Morgan fingerprint density at radius 3 is 2.43 bits per heavy atom. The summed E-state index contributed by atoms with van der Waals surface area (Å²) < 4.78 is 0. The Morgan fingerprint density at radius 1 is 1.17 bits per heavy atom. The third kappa shape index (κ3) is 4.07. The maximum absolute atomic E-state index is 12.6. The van der Waals surface area contributed by atoms with Gasteiger partial charge in [0.25, 0.3) is 5.91 Å². The maximum atomic E-state index is 12.6. The van der Waals surface area contributed by atoms with E-state index in [4.69, 9.17) is 11.6 Å². The highest BCUT2D eigenvalue weighted by Gasteiger charge is 2.34. The van der Waals surface area contributed by atoms with Gasteiger partial charge in [-0.1, -0.05) is 31.5 Å². The first-order chi connectivity index (χ1) is 11.0. The number of quaternary nitrogens is 1. The number of hydrogen-bond acceptors (Lipinski definition) is 1. The normalized spacial score (nSPS) is 29.5. The molecule has 2 saturated heterocycles. The number of rotatable bonds is 2. The molecule has 0 aliphatic carbocycles. The fraction of sp³-hybridized carbons (Fsp3) is 0.632. The van der Waals surface area contributed by atoms with E-state index in [0.717, 1.165) is 43.8 Å². The van der Waals surface area contributed by atoms with Crippen molar-refractivity contribution in [1.29, 1.82) is 0 Å². The van der Waals surface area contributed by atoms with Crippen LogP contribution in [0, 0.1) is 11.8 Å². The zero-order valence-corrected chi connectivity index (χ0v) is 15.0. The van der Waals surface area contributed by atoms with Gasteiger partial charge in [-0.15, -0.1) is 0 Å². The van der Waals surface area contributed by atoms with Crippen LogP contribution in [-0.2, 0) is 0 Å². The summed E-state index contributed by atoms with van der Waals surface area (Å²) in [5.41, 5.74) is 0.712. The zero-order chi connectivity index (χ0) is 16.4. The summed E-state index contributed by atoms with van der Waals surface area (Å²) in [6.07, 6.45) is 3.62. The molecule has 0 spiro atoms. The van der Waals surface area contributed by atoms with Gasteiger partial charge < -0.3 is 9.80 Å². The van der Waals surface area contributed by atoms with Gasteiger partial charge in [-0.2, -0.15) is 0 Å². The van der Waals surface area contributed by atoms with Crippen LogP contribution in [0.25, 0.3) is 0 Å². The minimum atomic E-state index is 0.126. The average molecular weight is 336 g/mol. The van der Waals surface area contributed by atoms with Crippen molar-refractivity contribution in [2.45, 2.75) is 39.2 Å². The molecular formula is C19H28ClN2O+. The van der Waals surface area contributed by atoms with E-state index >= 15 is 0 Å². The first-order valence-electron chi connectivity index (χ1n) is 8.92. The number of piperidine rings is 2. The van der Waals surface area contributed by atoms with E-state index in [1.54, 1.807) is 11.0 Å². The van der Waals surface area contributed by atoms with Crippen molar-refractivity contribution in [3.8, 4) is 0 Å². The maximum Gasteiger partial charge on any atom is 0.253 e. The molecule has 0 aromatic heterocycles. The van der Waals surface area contributed by atoms with Crippen LogP contribution in [0.5, 0.6) is 0 Å². The van der Waals surface area contributed by atoms with Gasteiger partial charge in [0.1, 0.15) is 0 Å². The molecule has 0 unspecified atom stereocenters. The van der Waals surface area contributed by atoms with E-state index in [2.05, 4.69) is 13.8 Å². The molecule has 2 heterocycles. The van der Waals surface area contributed by atoms with E-state index in [0.29, 0.717) is 10.6 Å². The number of likely N-dealkylation sites (tertiary alicyclic amines) is 2. The van der Waals surface area contributed by atoms with E-state index in [-0.39, 0.29) is 5.91 Å². The van der Waals surface area contributed by atoms with Crippen LogP contribution in [-0.4, -0.2) is 43.0 Å². The quantitative estimate of drug-likeness (QED) is 0.882. The van der Waals surface area contributed by atoms with Crippen LogP contribution in [0.2, 0.25) is 5.02 Å². The fourth-order valence-corrected chi connectivity index (χ4v) is 4.65. The van der Waals surface area contributed by atoms with Crippen LogP contribution < -0.4 is 4.90 Å². The summed E-state index contributed by atoms with van der Waals surface area (Å²) in [4.78, 5) is 16.4. The molecule has 0 saturated carbocycles. The molecule has 3 rings (SSSR count). The Labute approximate surface area is 144 Å².